The van der Waals surface area contributed by atoms with E-state index >= 15 is 0 Å². The number of carbonyl (C=O) groups excluding carboxylic acids is 1. The van der Waals surface area contributed by atoms with Crippen molar-refractivity contribution in [1.29, 1.82) is 0 Å². The number of fused-ring (bicyclic) bond motifs is 1. The number of nitrogens with one attached hydrogen (secondary N) is 2. The van der Waals surface area contributed by atoms with Gasteiger partial charge in [-0.1, -0.05) is 6.08 Å². The standard InChI is InChI=1S/C20H24N8O2/c1-12(3-8-15(21-2)18-24-11-25-27-18)16-9-22-19-20(26-16)28(17(30)10-23-19)13-4-6-14(29)7-5-13/h3,8-9,11,13-14,29H,2,4-7,10H2,1H3,(H,22,23)(H,24,25,27)/b12-3+,15-8-/t13-,14-. The lowest BCUT2D eigenvalue weighted by molar-refractivity contribution is -0.118. The maximum Gasteiger partial charge on any atom is 0.247 e. The van der Waals surface area contributed by atoms with Gasteiger partial charge in [0.25, 0.3) is 0 Å². The van der Waals surface area contributed by atoms with Crippen LogP contribution in [0.1, 0.15) is 44.1 Å². The van der Waals surface area contributed by atoms with Crippen LogP contribution in [0.2, 0.25) is 0 Å². The monoisotopic (exact) mass is 408 g/mol. The van der Waals surface area contributed by atoms with Gasteiger partial charge in [0.05, 0.1) is 24.5 Å². The van der Waals surface area contributed by atoms with Crippen LogP contribution in [0.25, 0.3) is 11.3 Å². The second-order valence-corrected chi connectivity index (χ2v) is 7.39. The van der Waals surface area contributed by atoms with Gasteiger partial charge in [-0.05, 0) is 51.0 Å². The Bertz CT molecular complexity index is 990. The number of aromatic amines is 1. The van der Waals surface area contributed by atoms with Gasteiger partial charge < -0.3 is 10.4 Å². The van der Waals surface area contributed by atoms with Crippen molar-refractivity contribution >= 4 is 35.5 Å². The van der Waals surface area contributed by atoms with Crippen LogP contribution in [0, 0.1) is 0 Å². The second-order valence-electron chi connectivity index (χ2n) is 7.39. The topological polar surface area (TPSA) is 132 Å². The zero-order chi connectivity index (χ0) is 21.1. The number of amides is 1. The van der Waals surface area contributed by atoms with E-state index < -0.39 is 0 Å². The molecule has 0 spiro atoms. The summed E-state index contributed by atoms with van der Waals surface area (Å²) in [5, 5.41) is 19.5. The number of carbonyl (C=O) groups is 1. The number of aromatic nitrogens is 5. The van der Waals surface area contributed by atoms with Crippen molar-refractivity contribution in [3.8, 4) is 0 Å². The van der Waals surface area contributed by atoms with E-state index in [0.29, 0.717) is 41.7 Å². The number of anilines is 2. The molecule has 156 valence electrons. The van der Waals surface area contributed by atoms with Crippen molar-refractivity contribution in [1.82, 2.24) is 25.1 Å². The lowest BCUT2D eigenvalue weighted by Gasteiger charge is -2.38. The minimum atomic E-state index is -0.287. The van der Waals surface area contributed by atoms with Crippen LogP contribution in [0.4, 0.5) is 11.6 Å². The van der Waals surface area contributed by atoms with Crippen molar-refractivity contribution < 1.29 is 9.90 Å². The predicted octanol–water partition coefficient (Wildman–Crippen LogP) is 1.80. The number of aliphatic hydroxyl groups excluding tert-OH is 1. The highest BCUT2D eigenvalue weighted by Gasteiger charge is 2.34. The van der Waals surface area contributed by atoms with Crippen LogP contribution in [-0.4, -0.2) is 61.6 Å². The minimum absolute atomic E-state index is 0.0257. The summed E-state index contributed by atoms with van der Waals surface area (Å²) in [6.45, 7) is 5.67. The molecular weight excluding hydrogens is 384 g/mol. The van der Waals surface area contributed by atoms with Gasteiger partial charge in [0.1, 0.15) is 12.0 Å². The highest BCUT2D eigenvalue weighted by atomic mass is 16.3. The van der Waals surface area contributed by atoms with Crippen LogP contribution in [0.15, 0.2) is 29.7 Å². The van der Waals surface area contributed by atoms with Crippen LogP contribution in [-0.2, 0) is 4.79 Å². The Labute approximate surface area is 173 Å². The van der Waals surface area contributed by atoms with Crippen LogP contribution in [0.5, 0.6) is 0 Å². The number of nitrogens with zero attached hydrogens (tertiary/aromatic N) is 6. The first kappa shape index (κ1) is 19.9. The fourth-order valence-corrected chi connectivity index (χ4v) is 3.74. The lowest BCUT2D eigenvalue weighted by atomic mass is 9.91. The third-order valence-corrected chi connectivity index (χ3v) is 5.40. The molecule has 0 saturated heterocycles. The average molecular weight is 408 g/mol. The average Bonchev–Trinajstić information content (AvgIpc) is 3.29. The molecule has 0 atom stereocenters. The molecule has 10 nitrogen and oxygen atoms in total. The first-order valence-electron chi connectivity index (χ1n) is 9.89. The first-order valence-corrected chi connectivity index (χ1v) is 9.89. The Morgan fingerprint density at radius 3 is 2.80 bits per heavy atom. The van der Waals surface area contributed by atoms with Crippen molar-refractivity contribution in [2.45, 2.75) is 44.8 Å². The summed E-state index contributed by atoms with van der Waals surface area (Å²) in [4.78, 5) is 31.7. The normalized spacial score (nSPS) is 22.5. The van der Waals surface area contributed by atoms with Crippen LogP contribution in [0.3, 0.4) is 0 Å². The highest BCUT2D eigenvalue weighted by Crippen LogP contribution is 2.33. The van der Waals surface area contributed by atoms with E-state index in [9.17, 15) is 9.90 Å². The number of hydrogen-bond donors (Lipinski definition) is 3. The molecule has 0 aromatic carbocycles. The maximum absolute atomic E-state index is 12.7. The molecule has 1 fully saturated rings. The zero-order valence-corrected chi connectivity index (χ0v) is 16.7. The molecule has 3 heterocycles. The van der Waals surface area contributed by atoms with Gasteiger partial charge in [-0.15, -0.1) is 0 Å². The van der Waals surface area contributed by atoms with Gasteiger partial charge in [-0.2, -0.15) is 5.10 Å². The number of rotatable bonds is 5. The Kier molecular flexibility index (Phi) is 5.66. The van der Waals surface area contributed by atoms with Gasteiger partial charge in [0, 0.05) is 6.04 Å². The Balaban J connectivity index is 1.63. The molecule has 30 heavy (non-hydrogen) atoms. The third kappa shape index (κ3) is 3.99. The molecule has 2 aromatic heterocycles. The van der Waals surface area contributed by atoms with E-state index in [-0.39, 0.29) is 24.6 Å². The molecule has 0 bridgehead atoms. The van der Waals surface area contributed by atoms with E-state index in [2.05, 4.69) is 37.2 Å². The van der Waals surface area contributed by atoms with Gasteiger partial charge in [0.15, 0.2) is 17.5 Å². The van der Waals surface area contributed by atoms with Crippen molar-refractivity contribution in [3.63, 3.8) is 0 Å². The summed E-state index contributed by atoms with van der Waals surface area (Å²) in [6, 6.07) is 0.0257. The fraction of sp³-hybridized carbons (Fsp3) is 0.400. The predicted molar refractivity (Wildman–Crippen MR) is 114 cm³/mol. The number of aliphatic imine (C=N–C) groups is 1. The second kappa shape index (κ2) is 8.54. The summed E-state index contributed by atoms with van der Waals surface area (Å²) >= 11 is 0. The van der Waals surface area contributed by atoms with Gasteiger partial charge in [0.2, 0.25) is 5.91 Å². The number of allylic oxidation sites excluding steroid dienone is 3. The van der Waals surface area contributed by atoms with E-state index in [1.165, 1.54) is 6.33 Å². The molecule has 4 rings (SSSR count). The summed E-state index contributed by atoms with van der Waals surface area (Å²) < 4.78 is 0. The molecule has 1 aliphatic heterocycles. The van der Waals surface area contributed by atoms with Crippen molar-refractivity contribution in [2.24, 2.45) is 4.99 Å². The molecule has 2 aliphatic rings. The van der Waals surface area contributed by atoms with E-state index in [1.54, 1.807) is 17.2 Å². The first-order chi connectivity index (χ1) is 14.6. The molecule has 1 saturated carbocycles. The van der Waals surface area contributed by atoms with Gasteiger partial charge >= 0.3 is 0 Å². The molecule has 0 radical (unpaired) electrons. The third-order valence-electron chi connectivity index (χ3n) is 5.40. The quantitative estimate of drug-likeness (QED) is 0.507. The Morgan fingerprint density at radius 1 is 1.30 bits per heavy atom. The molecular formula is C20H24N8O2. The largest absolute Gasteiger partial charge is 0.393 e. The van der Waals surface area contributed by atoms with E-state index in [4.69, 9.17) is 4.98 Å². The van der Waals surface area contributed by atoms with Crippen molar-refractivity contribution in [3.05, 3.63) is 36.2 Å². The van der Waals surface area contributed by atoms with Crippen molar-refractivity contribution in [2.75, 3.05) is 16.8 Å². The summed E-state index contributed by atoms with van der Waals surface area (Å²) in [5.74, 6) is 1.56. The maximum atomic E-state index is 12.7. The van der Waals surface area contributed by atoms with E-state index in [0.717, 1.165) is 18.4 Å². The number of hydrogen-bond acceptors (Lipinski definition) is 8. The summed E-state index contributed by atoms with van der Waals surface area (Å²) in [7, 11) is 0. The minimum Gasteiger partial charge on any atom is -0.393 e. The lowest BCUT2D eigenvalue weighted by Crippen LogP contribution is -2.49. The fourth-order valence-electron chi connectivity index (χ4n) is 3.74. The molecule has 1 amide bonds. The summed E-state index contributed by atoms with van der Waals surface area (Å²) in [6.07, 6.45) is 9.35. The Hall–Kier alpha value is -3.40. The molecule has 10 heteroatoms. The van der Waals surface area contributed by atoms with E-state index in [1.807, 2.05) is 13.0 Å². The van der Waals surface area contributed by atoms with Gasteiger partial charge in [-0.3, -0.25) is 19.8 Å². The number of H-pyrrole nitrogens is 1. The smallest absolute Gasteiger partial charge is 0.247 e. The highest BCUT2D eigenvalue weighted by molar-refractivity contribution is 6.01. The summed E-state index contributed by atoms with van der Waals surface area (Å²) in [5.41, 5.74) is 2.03. The molecule has 3 N–H and O–H groups in total. The number of aliphatic hydroxyl groups is 1. The Morgan fingerprint density at radius 2 is 2.10 bits per heavy atom. The molecule has 1 aliphatic carbocycles. The molecule has 2 aromatic rings. The zero-order valence-electron chi connectivity index (χ0n) is 16.7. The van der Waals surface area contributed by atoms with Crippen LogP contribution >= 0.6 is 0 Å². The molecule has 0 unspecified atom stereocenters. The SMILES string of the molecule is C=N/C(=C\C=C(/C)c1cnc2c(n1)N([C@H]1CC[C@H](O)CC1)C(=O)CN2)c1nc[nH]n1. The van der Waals surface area contributed by atoms with Gasteiger partial charge in [-0.25, -0.2) is 15.0 Å². The van der Waals surface area contributed by atoms with Crippen LogP contribution < -0.4 is 10.2 Å².